The summed E-state index contributed by atoms with van der Waals surface area (Å²) < 4.78 is 74.7. The largest absolute Gasteiger partial charge is 0.481 e. The third-order valence-corrected chi connectivity index (χ3v) is 2.86. The summed E-state index contributed by atoms with van der Waals surface area (Å²) in [5, 5.41) is 13.6. The molecule has 0 aromatic carbocycles. The van der Waals surface area contributed by atoms with E-state index in [4.69, 9.17) is 10.9 Å². The molecule has 0 fully saturated rings. The Morgan fingerprint density at radius 1 is 1.25 bits per heavy atom. The minimum Gasteiger partial charge on any atom is -0.481 e. The van der Waals surface area contributed by atoms with Gasteiger partial charge in [0.2, 0.25) is 11.1 Å². The molecule has 0 atom stereocenters. The summed E-state index contributed by atoms with van der Waals surface area (Å²) in [4.78, 5) is 10.3. The van der Waals surface area contributed by atoms with Crippen molar-refractivity contribution in [1.29, 1.82) is 0 Å². The van der Waals surface area contributed by atoms with Crippen LogP contribution in [0.15, 0.2) is 5.16 Å². The fourth-order valence-electron chi connectivity index (χ4n) is 1.19. The zero-order chi connectivity index (χ0) is 15.7. The highest BCUT2D eigenvalue weighted by Gasteiger charge is 2.60. The van der Waals surface area contributed by atoms with E-state index in [-0.39, 0.29) is 4.68 Å². The van der Waals surface area contributed by atoms with Crippen LogP contribution in [0.3, 0.4) is 0 Å². The number of carboxylic acid groups (broad SMARTS) is 1. The Bertz CT molecular complexity index is 484. The van der Waals surface area contributed by atoms with Crippen LogP contribution in [0.25, 0.3) is 0 Å². The normalized spacial score (nSPS) is 12.9. The predicted octanol–water partition coefficient (Wildman–Crippen LogP) is 1.38. The summed E-state index contributed by atoms with van der Waals surface area (Å²) in [6.45, 7) is 0. The number of hydrogen-bond acceptors (Lipinski definition) is 5. The highest BCUT2D eigenvalue weighted by molar-refractivity contribution is 7.99. The maximum atomic E-state index is 12.4. The fourth-order valence-corrected chi connectivity index (χ4v) is 1.77. The second-order valence-corrected chi connectivity index (χ2v) is 4.35. The van der Waals surface area contributed by atoms with Crippen LogP contribution in [-0.2, 0) is 4.79 Å². The molecule has 20 heavy (non-hydrogen) atoms. The summed E-state index contributed by atoms with van der Waals surface area (Å²) in [6.07, 6.45) is -11.3. The summed E-state index contributed by atoms with van der Waals surface area (Å²) in [5.41, 5.74) is 0. The Balaban J connectivity index is 3.14. The molecule has 13 heteroatoms. The van der Waals surface area contributed by atoms with Crippen LogP contribution in [0.4, 0.5) is 26.3 Å². The third-order valence-electron chi connectivity index (χ3n) is 1.93. The Hall–Kier alpha value is -1.66. The summed E-state index contributed by atoms with van der Waals surface area (Å²) in [5.74, 6) is -2.38. The first-order valence-electron chi connectivity index (χ1n) is 4.63. The molecule has 0 aliphatic heterocycles. The number of carbonyl (C=O) groups is 1. The number of nitrogens with two attached hydrogens (primary N) is 1. The third kappa shape index (κ3) is 3.68. The van der Waals surface area contributed by atoms with Gasteiger partial charge in [0.1, 0.15) is 0 Å². The van der Waals surface area contributed by atoms with Crippen molar-refractivity contribution in [3.63, 3.8) is 0 Å². The number of aliphatic carboxylic acids is 1. The Kier molecular flexibility index (Phi) is 4.41. The van der Waals surface area contributed by atoms with Crippen LogP contribution in [0.5, 0.6) is 0 Å². The first kappa shape index (κ1) is 16.4. The Morgan fingerprint density at radius 3 is 2.15 bits per heavy atom. The predicted molar refractivity (Wildman–Crippen MR) is 53.4 cm³/mol. The van der Waals surface area contributed by atoms with Gasteiger partial charge in [-0.1, -0.05) is 11.8 Å². The molecular formula is C7H6F6N4O2S. The van der Waals surface area contributed by atoms with Crippen molar-refractivity contribution >= 4 is 17.7 Å². The van der Waals surface area contributed by atoms with Gasteiger partial charge in [-0.2, -0.15) is 26.3 Å². The van der Waals surface area contributed by atoms with E-state index in [1.807, 2.05) is 0 Å². The minimum atomic E-state index is -5.66. The molecule has 0 aliphatic carbocycles. The number of nitrogen functional groups attached to an aromatic ring is 1. The molecule has 0 amide bonds. The first-order chi connectivity index (χ1) is 8.94. The van der Waals surface area contributed by atoms with Crippen LogP contribution < -0.4 is 5.84 Å². The van der Waals surface area contributed by atoms with Crippen molar-refractivity contribution in [3.8, 4) is 0 Å². The lowest BCUT2D eigenvalue weighted by Gasteiger charge is -2.21. The van der Waals surface area contributed by atoms with E-state index in [1.54, 1.807) is 0 Å². The lowest BCUT2D eigenvalue weighted by molar-refractivity contribution is -0.256. The van der Waals surface area contributed by atoms with E-state index in [1.165, 1.54) is 0 Å². The van der Waals surface area contributed by atoms with Crippen molar-refractivity contribution in [1.82, 2.24) is 14.9 Å². The first-order valence-corrected chi connectivity index (χ1v) is 5.61. The molecule has 1 aromatic heterocycles. The topological polar surface area (TPSA) is 94.0 Å². The van der Waals surface area contributed by atoms with Crippen LogP contribution in [0, 0.1) is 0 Å². The molecule has 0 bridgehead atoms. The van der Waals surface area contributed by atoms with Crippen LogP contribution >= 0.6 is 11.8 Å². The highest BCUT2D eigenvalue weighted by atomic mass is 32.2. The van der Waals surface area contributed by atoms with Gasteiger partial charge in [-0.25, -0.2) is 4.68 Å². The SMILES string of the molecule is Nn1c(SCC(=O)O)nnc1C(C(F)(F)F)C(F)(F)F. The number of nitrogens with zero attached hydrogens (tertiary/aromatic N) is 3. The summed E-state index contributed by atoms with van der Waals surface area (Å²) in [6, 6.07) is 0. The van der Waals surface area contributed by atoms with Gasteiger partial charge in [0.15, 0.2) is 5.82 Å². The van der Waals surface area contributed by atoms with Gasteiger partial charge in [0.25, 0.3) is 0 Å². The molecule has 0 saturated heterocycles. The molecule has 3 N–H and O–H groups in total. The number of hydrogen-bond donors (Lipinski definition) is 2. The Morgan fingerprint density at radius 2 is 1.75 bits per heavy atom. The number of rotatable bonds is 4. The zero-order valence-corrected chi connectivity index (χ0v) is 10.1. The van der Waals surface area contributed by atoms with E-state index in [9.17, 15) is 31.1 Å². The Labute approximate surface area is 110 Å². The van der Waals surface area contributed by atoms with Crippen molar-refractivity contribution < 1.29 is 36.2 Å². The fraction of sp³-hybridized carbons (Fsp3) is 0.571. The van der Waals surface area contributed by atoms with Gasteiger partial charge in [-0.15, -0.1) is 10.2 Å². The zero-order valence-electron chi connectivity index (χ0n) is 9.23. The second kappa shape index (κ2) is 5.38. The van der Waals surface area contributed by atoms with E-state index < -0.39 is 41.0 Å². The molecule has 0 aliphatic rings. The summed E-state index contributed by atoms with van der Waals surface area (Å²) in [7, 11) is 0. The molecular weight excluding hydrogens is 318 g/mol. The van der Waals surface area contributed by atoms with Crippen LogP contribution in [-0.4, -0.2) is 44.1 Å². The number of alkyl halides is 6. The number of halogens is 6. The van der Waals surface area contributed by atoms with Crippen molar-refractivity contribution in [2.24, 2.45) is 0 Å². The van der Waals surface area contributed by atoms with Gasteiger partial charge < -0.3 is 10.9 Å². The molecule has 1 heterocycles. The van der Waals surface area contributed by atoms with E-state index in [2.05, 4.69) is 10.2 Å². The maximum absolute atomic E-state index is 12.4. The smallest absolute Gasteiger partial charge is 0.407 e. The van der Waals surface area contributed by atoms with Crippen molar-refractivity contribution in [2.75, 3.05) is 11.6 Å². The average molecular weight is 324 g/mol. The van der Waals surface area contributed by atoms with Gasteiger partial charge >= 0.3 is 18.3 Å². The summed E-state index contributed by atoms with van der Waals surface area (Å²) >= 11 is 0.345. The molecule has 6 nitrogen and oxygen atoms in total. The maximum Gasteiger partial charge on any atom is 0.407 e. The van der Waals surface area contributed by atoms with Gasteiger partial charge in [0.05, 0.1) is 5.75 Å². The van der Waals surface area contributed by atoms with Crippen LogP contribution in [0.2, 0.25) is 0 Å². The molecule has 114 valence electrons. The average Bonchev–Trinajstić information content (AvgIpc) is 2.54. The number of carboxylic acids is 1. The second-order valence-electron chi connectivity index (χ2n) is 3.41. The van der Waals surface area contributed by atoms with Gasteiger partial charge in [0, 0.05) is 0 Å². The van der Waals surface area contributed by atoms with Crippen molar-refractivity contribution in [2.45, 2.75) is 23.4 Å². The molecule has 0 radical (unpaired) electrons. The minimum absolute atomic E-state index is 0.0146. The lowest BCUT2D eigenvalue weighted by atomic mass is 10.1. The van der Waals surface area contributed by atoms with Gasteiger partial charge in [-0.05, 0) is 0 Å². The monoisotopic (exact) mass is 324 g/mol. The molecule has 1 rings (SSSR count). The van der Waals surface area contributed by atoms with Crippen molar-refractivity contribution in [3.05, 3.63) is 5.82 Å². The van der Waals surface area contributed by atoms with Gasteiger partial charge in [-0.3, -0.25) is 4.79 Å². The molecule has 1 aromatic rings. The standard InChI is InChI=1S/C7H6F6N4O2S/c8-6(9,10)3(7(11,12)13)4-15-16-5(17(4)14)20-1-2(18)19/h3H,1,14H2,(H,18,19). The highest BCUT2D eigenvalue weighted by Crippen LogP contribution is 2.45. The number of aromatic nitrogens is 3. The molecule has 0 spiro atoms. The molecule has 0 unspecified atom stereocenters. The quantitative estimate of drug-likeness (QED) is 0.494. The number of thioether (sulfide) groups is 1. The van der Waals surface area contributed by atoms with Crippen LogP contribution in [0.1, 0.15) is 11.7 Å². The molecule has 0 saturated carbocycles. The van der Waals surface area contributed by atoms with E-state index >= 15 is 0 Å². The van der Waals surface area contributed by atoms with E-state index in [0.717, 1.165) is 0 Å². The lowest BCUT2D eigenvalue weighted by Crippen LogP contribution is -2.37. The van der Waals surface area contributed by atoms with E-state index in [0.29, 0.717) is 11.8 Å².